The molecular weight excluding hydrogens is 278 g/mol. The number of nitrogens with zero attached hydrogens (tertiary/aromatic N) is 2. The molecule has 0 saturated heterocycles. The summed E-state index contributed by atoms with van der Waals surface area (Å²) in [6, 6.07) is 7.52. The van der Waals surface area contributed by atoms with Crippen LogP contribution in [0.15, 0.2) is 36.7 Å². The Labute approximate surface area is 128 Å². The molecule has 5 heteroatoms. The molecule has 0 atom stereocenters. The molecule has 2 amide bonds. The Bertz CT molecular complexity index is 771. The second kappa shape index (κ2) is 4.94. The third kappa shape index (κ3) is 2.06. The van der Waals surface area contributed by atoms with Gasteiger partial charge >= 0.3 is 0 Å². The largest absolute Gasteiger partial charge is 0.348 e. The minimum Gasteiger partial charge on any atom is -0.348 e. The number of nitrogens with one attached hydrogen (secondary N) is 1. The Balaban J connectivity index is 1.55. The van der Waals surface area contributed by atoms with Gasteiger partial charge in [-0.3, -0.25) is 14.6 Å². The van der Waals surface area contributed by atoms with Gasteiger partial charge in [-0.05, 0) is 47.4 Å². The van der Waals surface area contributed by atoms with Crippen LogP contribution in [0.1, 0.15) is 27.0 Å². The molecule has 2 aromatic rings. The zero-order valence-corrected chi connectivity index (χ0v) is 12.0. The average Bonchev–Trinajstić information content (AvgIpc) is 3.11. The fraction of sp³-hybridized carbons (Fsp3) is 0.235. The third-order valence-electron chi connectivity index (χ3n) is 4.25. The quantitative estimate of drug-likeness (QED) is 0.932. The molecule has 22 heavy (non-hydrogen) atoms. The van der Waals surface area contributed by atoms with Crippen molar-refractivity contribution in [2.24, 2.45) is 0 Å². The van der Waals surface area contributed by atoms with Crippen molar-refractivity contribution < 1.29 is 9.59 Å². The highest BCUT2D eigenvalue weighted by Crippen LogP contribution is 2.38. The summed E-state index contributed by atoms with van der Waals surface area (Å²) in [5.41, 5.74) is 4.77. The molecule has 3 heterocycles. The summed E-state index contributed by atoms with van der Waals surface area (Å²) in [5, 5.41) is 2.92. The molecule has 0 bridgehead atoms. The van der Waals surface area contributed by atoms with Gasteiger partial charge in [-0.1, -0.05) is 0 Å². The highest BCUT2D eigenvalue weighted by atomic mass is 16.2. The lowest BCUT2D eigenvalue weighted by atomic mass is 10.0. The van der Waals surface area contributed by atoms with E-state index in [-0.39, 0.29) is 11.8 Å². The molecular formula is C17H15N3O2. The van der Waals surface area contributed by atoms with Crippen LogP contribution >= 0.6 is 0 Å². The number of hydrogen-bond donors (Lipinski definition) is 1. The van der Waals surface area contributed by atoms with Crippen molar-refractivity contribution in [2.75, 3.05) is 11.4 Å². The maximum Gasteiger partial charge on any atom is 0.251 e. The van der Waals surface area contributed by atoms with E-state index in [0.717, 1.165) is 35.3 Å². The van der Waals surface area contributed by atoms with Crippen LogP contribution < -0.4 is 10.2 Å². The highest BCUT2D eigenvalue weighted by Gasteiger charge is 2.34. The minimum atomic E-state index is -0.103. The first-order valence-corrected chi connectivity index (χ1v) is 7.35. The molecule has 0 fully saturated rings. The van der Waals surface area contributed by atoms with E-state index in [9.17, 15) is 9.59 Å². The average molecular weight is 293 g/mol. The highest BCUT2D eigenvalue weighted by molar-refractivity contribution is 6.05. The van der Waals surface area contributed by atoms with Gasteiger partial charge in [0.05, 0.1) is 12.1 Å². The van der Waals surface area contributed by atoms with Gasteiger partial charge in [0.1, 0.15) is 0 Å². The number of pyridine rings is 1. The molecule has 2 aliphatic rings. The number of hydrogen-bond acceptors (Lipinski definition) is 3. The normalized spacial score (nSPS) is 15.1. The molecule has 110 valence electrons. The predicted octanol–water partition coefficient (Wildman–Crippen LogP) is 1.46. The van der Waals surface area contributed by atoms with Crippen molar-refractivity contribution in [3.05, 3.63) is 58.9 Å². The lowest BCUT2D eigenvalue weighted by Gasteiger charge is -2.10. The van der Waals surface area contributed by atoms with Crippen LogP contribution in [0.3, 0.4) is 0 Å². The Morgan fingerprint density at radius 3 is 2.82 bits per heavy atom. The van der Waals surface area contributed by atoms with Gasteiger partial charge in [-0.15, -0.1) is 0 Å². The smallest absolute Gasteiger partial charge is 0.251 e. The predicted molar refractivity (Wildman–Crippen MR) is 81.6 cm³/mol. The maximum absolute atomic E-state index is 12.4. The summed E-state index contributed by atoms with van der Waals surface area (Å²) in [5.74, 6) is 0.0387. The lowest BCUT2D eigenvalue weighted by molar-refractivity contribution is -0.117. The molecule has 4 rings (SSSR count). The van der Waals surface area contributed by atoms with Crippen molar-refractivity contribution in [3.63, 3.8) is 0 Å². The van der Waals surface area contributed by atoms with Crippen LogP contribution in [-0.2, 0) is 24.2 Å². The van der Waals surface area contributed by atoms with E-state index in [1.54, 1.807) is 12.4 Å². The van der Waals surface area contributed by atoms with Crippen molar-refractivity contribution >= 4 is 17.5 Å². The molecule has 1 aromatic heterocycles. The molecule has 0 unspecified atom stereocenters. The molecule has 1 N–H and O–H groups in total. The van der Waals surface area contributed by atoms with Crippen molar-refractivity contribution in [2.45, 2.75) is 19.4 Å². The Hall–Kier alpha value is -2.69. The number of amides is 2. The maximum atomic E-state index is 12.4. The standard InChI is InChI=1S/C17H15N3O2/c21-15-9-13-8-14(7-12-3-6-20(15)16(12)13)17(22)19-10-11-1-4-18-5-2-11/h1-2,4-5,7-8H,3,6,9-10H2,(H,19,22). The summed E-state index contributed by atoms with van der Waals surface area (Å²) in [4.78, 5) is 30.1. The number of carbonyl (C=O) groups is 2. The molecule has 0 radical (unpaired) electrons. The van der Waals surface area contributed by atoms with Crippen LogP contribution in [0.5, 0.6) is 0 Å². The number of carbonyl (C=O) groups excluding carboxylic acids is 2. The molecule has 2 aliphatic heterocycles. The van der Waals surface area contributed by atoms with E-state index in [2.05, 4.69) is 10.3 Å². The number of benzene rings is 1. The minimum absolute atomic E-state index is 0.103. The Kier molecular flexibility index (Phi) is 2.92. The number of aromatic nitrogens is 1. The van der Waals surface area contributed by atoms with E-state index >= 15 is 0 Å². The fourth-order valence-corrected chi connectivity index (χ4v) is 3.20. The monoisotopic (exact) mass is 293 g/mol. The molecule has 0 spiro atoms. The SMILES string of the molecule is O=C(NCc1ccncc1)c1cc2c3c(c1)CC(=O)N3CC2. The first-order valence-electron chi connectivity index (χ1n) is 7.35. The van der Waals surface area contributed by atoms with Crippen LogP contribution in [-0.4, -0.2) is 23.3 Å². The molecule has 1 aromatic carbocycles. The Morgan fingerprint density at radius 2 is 2.00 bits per heavy atom. The second-order valence-electron chi connectivity index (χ2n) is 5.65. The summed E-state index contributed by atoms with van der Waals surface area (Å²) >= 11 is 0. The van der Waals surface area contributed by atoms with Gasteiger partial charge in [0.2, 0.25) is 5.91 Å². The summed E-state index contributed by atoms with van der Waals surface area (Å²) in [6.45, 7) is 1.21. The zero-order chi connectivity index (χ0) is 15.1. The van der Waals surface area contributed by atoms with Gasteiger partial charge in [0, 0.05) is 31.0 Å². The van der Waals surface area contributed by atoms with Gasteiger partial charge in [-0.25, -0.2) is 0 Å². The van der Waals surface area contributed by atoms with Crippen LogP contribution in [0, 0.1) is 0 Å². The van der Waals surface area contributed by atoms with Crippen LogP contribution in [0.4, 0.5) is 5.69 Å². The van der Waals surface area contributed by atoms with E-state index in [4.69, 9.17) is 0 Å². The number of rotatable bonds is 3. The van der Waals surface area contributed by atoms with Crippen molar-refractivity contribution in [1.29, 1.82) is 0 Å². The number of anilines is 1. The summed E-state index contributed by atoms with van der Waals surface area (Å²) in [6.07, 6.45) is 4.66. The van der Waals surface area contributed by atoms with Gasteiger partial charge in [-0.2, -0.15) is 0 Å². The Morgan fingerprint density at radius 1 is 1.23 bits per heavy atom. The van der Waals surface area contributed by atoms with Crippen LogP contribution in [0.2, 0.25) is 0 Å². The second-order valence-corrected chi connectivity index (χ2v) is 5.65. The van der Waals surface area contributed by atoms with E-state index < -0.39 is 0 Å². The first-order chi connectivity index (χ1) is 10.7. The fourth-order valence-electron chi connectivity index (χ4n) is 3.20. The van der Waals surface area contributed by atoms with E-state index in [1.165, 1.54) is 0 Å². The van der Waals surface area contributed by atoms with Gasteiger partial charge < -0.3 is 10.2 Å². The lowest BCUT2D eigenvalue weighted by Crippen LogP contribution is -2.24. The van der Waals surface area contributed by atoms with Crippen LogP contribution in [0.25, 0.3) is 0 Å². The summed E-state index contributed by atoms with van der Waals surface area (Å²) in [7, 11) is 0. The zero-order valence-electron chi connectivity index (χ0n) is 12.0. The van der Waals surface area contributed by atoms with Gasteiger partial charge in [0.15, 0.2) is 0 Å². The van der Waals surface area contributed by atoms with Gasteiger partial charge in [0.25, 0.3) is 5.91 Å². The summed E-state index contributed by atoms with van der Waals surface area (Å²) < 4.78 is 0. The molecule has 0 saturated carbocycles. The van der Waals surface area contributed by atoms with Crippen molar-refractivity contribution in [1.82, 2.24) is 10.3 Å². The molecule has 5 nitrogen and oxygen atoms in total. The van der Waals surface area contributed by atoms with Crippen molar-refractivity contribution in [3.8, 4) is 0 Å². The van der Waals surface area contributed by atoms with E-state index in [1.807, 2.05) is 29.2 Å². The third-order valence-corrected chi connectivity index (χ3v) is 4.25. The first kappa shape index (κ1) is 13.0. The molecule has 0 aliphatic carbocycles. The van der Waals surface area contributed by atoms with E-state index in [0.29, 0.717) is 18.5 Å². The topological polar surface area (TPSA) is 62.3 Å².